The maximum atomic E-state index is 14.0. The van der Waals surface area contributed by atoms with Crippen LogP contribution in [-0.2, 0) is 47.4 Å². The number of nitrogens with one attached hydrogen (secondary N) is 2. The van der Waals surface area contributed by atoms with E-state index in [2.05, 4.69) is 60.6 Å². The van der Waals surface area contributed by atoms with Crippen molar-refractivity contribution in [1.29, 1.82) is 0 Å². The van der Waals surface area contributed by atoms with Crippen molar-refractivity contribution in [2.75, 3.05) is 78.9 Å². The van der Waals surface area contributed by atoms with Crippen LogP contribution in [0.3, 0.4) is 0 Å². The maximum Gasteiger partial charge on any atom is 0.276 e. The monoisotopic (exact) mass is 1020 g/mol. The van der Waals surface area contributed by atoms with Gasteiger partial charge in [-0.05, 0) is 104 Å². The minimum Gasteiger partial charge on any atom is -0.392 e. The number of pyridine rings is 3. The molecule has 3 saturated heterocycles. The summed E-state index contributed by atoms with van der Waals surface area (Å²) in [6.45, 7) is 12.9. The van der Waals surface area contributed by atoms with E-state index in [9.17, 15) is 38.7 Å². The van der Waals surface area contributed by atoms with Gasteiger partial charge in [0, 0.05) is 120 Å². The molecule has 9 heterocycles. The average Bonchev–Trinajstić information content (AvgIpc) is 3.99. The van der Waals surface area contributed by atoms with E-state index < -0.39 is 29.7 Å². The van der Waals surface area contributed by atoms with Gasteiger partial charge in [-0.2, -0.15) is 0 Å². The van der Waals surface area contributed by atoms with Crippen LogP contribution in [0.4, 0.5) is 28.7 Å². The zero-order valence-electron chi connectivity index (χ0n) is 42.8. The van der Waals surface area contributed by atoms with Gasteiger partial charge in [-0.15, -0.1) is 0 Å². The van der Waals surface area contributed by atoms with Crippen molar-refractivity contribution in [1.82, 2.24) is 39.1 Å². The first-order valence-corrected chi connectivity index (χ1v) is 26.0. The first-order chi connectivity index (χ1) is 36.0. The molecule has 390 valence electrons. The zero-order valence-corrected chi connectivity index (χ0v) is 42.8. The summed E-state index contributed by atoms with van der Waals surface area (Å²) in [5.41, 5.74) is 7.37. The molecular formula is C55H62N12O8. The number of hydrogen-bond donors (Lipinski definition) is 3. The molecule has 4 aromatic heterocycles. The van der Waals surface area contributed by atoms with Gasteiger partial charge in [0.15, 0.2) is 0 Å². The van der Waals surface area contributed by atoms with Crippen LogP contribution in [0.2, 0.25) is 0 Å². The molecule has 1 aromatic carbocycles. The second kappa shape index (κ2) is 19.5. The van der Waals surface area contributed by atoms with Crippen molar-refractivity contribution in [3.8, 4) is 11.1 Å². The van der Waals surface area contributed by atoms with Gasteiger partial charge in [-0.1, -0.05) is 13.8 Å². The summed E-state index contributed by atoms with van der Waals surface area (Å²) in [5, 5.41) is 16.2. The summed E-state index contributed by atoms with van der Waals surface area (Å²) in [5.74, 6) is -1.23. The largest absolute Gasteiger partial charge is 0.392 e. The van der Waals surface area contributed by atoms with E-state index >= 15 is 0 Å². The summed E-state index contributed by atoms with van der Waals surface area (Å²) >= 11 is 0. The molecule has 0 spiro atoms. The number of imide groups is 2. The number of aromatic nitrogens is 4. The lowest BCUT2D eigenvalue weighted by atomic mass is 9.90. The molecule has 5 aromatic rings. The van der Waals surface area contributed by atoms with Gasteiger partial charge in [0.1, 0.15) is 29.1 Å². The molecule has 75 heavy (non-hydrogen) atoms. The van der Waals surface area contributed by atoms with Crippen LogP contribution < -0.4 is 30.9 Å². The number of rotatable bonds is 12. The Morgan fingerprint density at radius 2 is 1.63 bits per heavy atom. The number of amides is 6. The fourth-order valence-corrected chi connectivity index (χ4v) is 12.0. The van der Waals surface area contributed by atoms with Crippen LogP contribution in [0.25, 0.3) is 11.1 Å². The predicted molar refractivity (Wildman–Crippen MR) is 280 cm³/mol. The van der Waals surface area contributed by atoms with Gasteiger partial charge in [0.25, 0.3) is 23.3 Å². The third-order valence-corrected chi connectivity index (χ3v) is 15.9. The lowest BCUT2D eigenvalue weighted by molar-refractivity contribution is -0.136. The number of aliphatic hydroxyl groups is 1. The molecule has 2 atom stereocenters. The van der Waals surface area contributed by atoms with Crippen LogP contribution >= 0.6 is 0 Å². The second-order valence-electron chi connectivity index (χ2n) is 21.5. The third kappa shape index (κ3) is 9.23. The molecule has 3 N–H and O–H groups in total. The fraction of sp³-hybridized carbons (Fsp3) is 0.436. The van der Waals surface area contributed by atoms with Gasteiger partial charge >= 0.3 is 0 Å². The van der Waals surface area contributed by atoms with Crippen LogP contribution in [0, 0.1) is 5.41 Å². The Morgan fingerprint density at radius 3 is 2.37 bits per heavy atom. The Hall–Kier alpha value is -7.71. The van der Waals surface area contributed by atoms with Crippen molar-refractivity contribution < 1.29 is 33.9 Å². The van der Waals surface area contributed by atoms with Gasteiger partial charge in [0.05, 0.1) is 29.6 Å². The zero-order chi connectivity index (χ0) is 52.4. The van der Waals surface area contributed by atoms with Gasteiger partial charge < -0.3 is 34.3 Å². The normalized spacial score (nSPS) is 20.7. The smallest absolute Gasteiger partial charge is 0.276 e. The van der Waals surface area contributed by atoms with Crippen LogP contribution in [-0.4, -0.2) is 145 Å². The van der Waals surface area contributed by atoms with Crippen LogP contribution in [0.5, 0.6) is 0 Å². The lowest BCUT2D eigenvalue weighted by Gasteiger charge is -2.41. The molecule has 0 saturated carbocycles. The number of anilines is 5. The standard InChI is InChI=1S/C55H62N12O8/c1-33-30-63(48(70)6-5-15-61-16-18-62(19-17-61)36-7-9-39-40(26-36)52(73)67(51(39)72)43-10-12-47(69)59-50(43)71)20-21-64(33)37-8-11-46(57-29-37)58-42-24-35(31-60(4)53(42)74)38-13-14-56-49(41(38)32-68)66-23-22-65-44(54(66)75)25-34-27-55(2,3)28-45(34)65/h7-9,11,13-14,24-26,29,31,33,43,68H,5-6,10,12,15-23,27-28,30,32H2,1-4H3,(H,57,58)(H,59,69,71)/t33-,43?/m1/s1. The highest BCUT2D eigenvalue weighted by Crippen LogP contribution is 2.40. The summed E-state index contributed by atoms with van der Waals surface area (Å²) < 4.78 is 3.63. The number of piperazine rings is 2. The molecule has 1 aliphatic carbocycles. The first kappa shape index (κ1) is 49.5. The predicted octanol–water partition coefficient (Wildman–Crippen LogP) is 3.71. The highest BCUT2D eigenvalue weighted by atomic mass is 16.3. The quantitative estimate of drug-likeness (QED) is 0.152. The average molecular weight is 1020 g/mol. The Bertz CT molecular complexity index is 3230. The number of aliphatic hydroxyl groups excluding tert-OH is 1. The fourth-order valence-electron chi connectivity index (χ4n) is 12.0. The molecule has 6 aliphatic rings. The summed E-state index contributed by atoms with van der Waals surface area (Å²) in [6, 6.07) is 13.6. The van der Waals surface area contributed by atoms with E-state index in [1.165, 1.54) is 15.8 Å². The molecule has 0 bridgehead atoms. The van der Waals surface area contributed by atoms with E-state index in [-0.39, 0.29) is 59.4 Å². The van der Waals surface area contributed by atoms with Gasteiger partial charge in [-0.3, -0.25) is 53.6 Å². The van der Waals surface area contributed by atoms with Crippen molar-refractivity contribution in [3.05, 3.63) is 111 Å². The highest BCUT2D eigenvalue weighted by molar-refractivity contribution is 6.23. The van der Waals surface area contributed by atoms with Crippen molar-refractivity contribution in [2.45, 2.75) is 84.5 Å². The summed E-state index contributed by atoms with van der Waals surface area (Å²) in [6.07, 6.45) is 8.32. The number of carbonyl (C=O) groups is 6. The third-order valence-electron chi connectivity index (χ3n) is 15.9. The number of fused-ring (bicyclic) bond motifs is 4. The topological polar surface area (TPSA) is 219 Å². The minimum atomic E-state index is -1.00. The number of hydrogen-bond acceptors (Lipinski definition) is 14. The van der Waals surface area contributed by atoms with Crippen molar-refractivity contribution >= 4 is 64.1 Å². The maximum absolute atomic E-state index is 14.0. The number of benzene rings is 1. The second-order valence-corrected chi connectivity index (χ2v) is 21.5. The van der Waals surface area contributed by atoms with E-state index in [1.807, 2.05) is 29.2 Å². The molecule has 20 nitrogen and oxygen atoms in total. The summed E-state index contributed by atoms with van der Waals surface area (Å²) in [7, 11) is 1.67. The SMILES string of the molecule is C[C@@H]1CN(C(=O)CCCN2CCN(c3ccc4c(c3)C(=O)N(C3CCC(=O)NC3=O)C4=O)CC2)CCN1c1ccc(Nc2cc(-c3ccnc(N4CCn5c(cc6c5CC(C)(C)C6)C4=O)c3CO)cn(C)c2=O)nc1. The van der Waals surface area contributed by atoms with E-state index in [0.717, 1.165) is 55.2 Å². The number of carbonyl (C=O) groups excluding carboxylic acids is 6. The van der Waals surface area contributed by atoms with E-state index in [1.54, 1.807) is 54.8 Å². The molecule has 3 fully saturated rings. The molecule has 1 unspecified atom stereocenters. The number of piperidine rings is 1. The molecular weight excluding hydrogens is 957 g/mol. The Balaban J connectivity index is 0.661. The molecule has 0 radical (unpaired) electrons. The highest BCUT2D eigenvalue weighted by Gasteiger charge is 2.45. The van der Waals surface area contributed by atoms with Crippen molar-refractivity contribution in [3.63, 3.8) is 0 Å². The molecule has 20 heteroatoms. The Kier molecular flexibility index (Phi) is 12.9. The van der Waals surface area contributed by atoms with Crippen LogP contribution in [0.1, 0.15) is 94.5 Å². The first-order valence-electron chi connectivity index (χ1n) is 26.0. The number of aryl methyl sites for hydroxylation is 1. The summed E-state index contributed by atoms with van der Waals surface area (Å²) in [4.78, 5) is 112. The number of nitrogens with zero attached hydrogens (tertiary/aromatic N) is 10. The lowest BCUT2D eigenvalue weighted by Crippen LogP contribution is -2.54. The minimum absolute atomic E-state index is 0.0402. The van der Waals surface area contributed by atoms with Crippen LogP contribution in [0.15, 0.2) is 71.9 Å². The molecule has 6 amide bonds. The van der Waals surface area contributed by atoms with E-state index in [4.69, 9.17) is 0 Å². The Labute approximate surface area is 433 Å². The van der Waals surface area contributed by atoms with Gasteiger partial charge in [0.2, 0.25) is 17.7 Å². The van der Waals surface area contributed by atoms with Gasteiger partial charge in [-0.25, -0.2) is 9.97 Å². The molecule has 5 aliphatic heterocycles. The molecule has 11 rings (SSSR count). The van der Waals surface area contributed by atoms with E-state index in [0.29, 0.717) is 91.9 Å². The Morgan fingerprint density at radius 1 is 0.840 bits per heavy atom. The van der Waals surface area contributed by atoms with Crippen molar-refractivity contribution in [2.24, 2.45) is 12.5 Å².